The molecule has 70 heavy (non-hydrogen) atoms. The minimum absolute atomic E-state index is 0.0349. The summed E-state index contributed by atoms with van der Waals surface area (Å²) >= 11 is 0. The van der Waals surface area contributed by atoms with E-state index in [1.807, 2.05) is 0 Å². The molecule has 3 nitrogen and oxygen atoms in total. The largest absolute Gasteiger partial charge is 0.375 e. The maximum absolute atomic E-state index is 2.76. The highest BCUT2D eigenvalue weighted by Crippen LogP contribution is 2.52. The Kier molecular flexibility index (Phi) is 10.7. The third-order valence-electron chi connectivity index (χ3n) is 15.5. The molecule has 4 heteroatoms. The van der Waals surface area contributed by atoms with Gasteiger partial charge in [0.05, 0.1) is 5.69 Å². The lowest BCUT2D eigenvalue weighted by Gasteiger charge is -2.42. The standard InChI is InChI=1S/C66H76BN3/c1-61(2,3)41-19-27-47(28-20-41)68(48-29-21-42(22-30-48)62(4,5)6)56-36-33-50-51-38-46(66(16,17)18)40-57-59(51)67(70-54-34-25-44(64(10,11)12)37-52(54)58(56)60(50)70)53-39-45(65(13,14)15)26-35-55(53)69(57)49-31-23-43(24-32-49)63(7,8)9/h19-40H,1-18H3. The van der Waals surface area contributed by atoms with Crippen LogP contribution >= 0.6 is 0 Å². The van der Waals surface area contributed by atoms with Crippen molar-refractivity contribution < 1.29 is 0 Å². The molecule has 0 radical (unpaired) electrons. The quantitative estimate of drug-likeness (QED) is 0.163. The number of fused-ring (bicyclic) bond motifs is 7. The minimum atomic E-state index is -0.0980. The Morgan fingerprint density at radius 1 is 0.386 bits per heavy atom. The zero-order valence-electron chi connectivity index (χ0n) is 45.6. The molecule has 3 heterocycles. The van der Waals surface area contributed by atoms with Gasteiger partial charge < -0.3 is 14.3 Å². The van der Waals surface area contributed by atoms with E-state index in [2.05, 4.69) is 272 Å². The summed E-state index contributed by atoms with van der Waals surface area (Å²) < 4.78 is 2.76. The van der Waals surface area contributed by atoms with Gasteiger partial charge in [0, 0.05) is 55.8 Å². The van der Waals surface area contributed by atoms with E-state index >= 15 is 0 Å². The minimum Gasteiger partial charge on any atom is -0.375 e. The Labute approximate surface area is 421 Å². The topological polar surface area (TPSA) is 11.4 Å². The third kappa shape index (κ3) is 7.89. The highest BCUT2D eigenvalue weighted by Gasteiger charge is 2.45. The molecule has 0 amide bonds. The fourth-order valence-electron chi connectivity index (χ4n) is 11.1. The van der Waals surface area contributed by atoms with Crippen molar-refractivity contribution in [2.75, 3.05) is 9.80 Å². The van der Waals surface area contributed by atoms with Crippen molar-refractivity contribution >= 4 is 73.7 Å². The zero-order chi connectivity index (χ0) is 50.4. The number of hydrogen-bond donors (Lipinski definition) is 0. The van der Waals surface area contributed by atoms with Crippen LogP contribution in [-0.2, 0) is 32.5 Å². The molecule has 7 aromatic carbocycles. The van der Waals surface area contributed by atoms with E-state index in [9.17, 15) is 0 Å². The first kappa shape index (κ1) is 47.7. The molecule has 8 aromatic rings. The Bertz CT molecular complexity index is 3280. The monoisotopic (exact) mass is 922 g/mol. The second-order valence-electron chi connectivity index (χ2n) is 26.9. The van der Waals surface area contributed by atoms with Gasteiger partial charge in [-0.05, 0) is 149 Å². The van der Waals surface area contributed by atoms with Crippen LogP contribution in [0.25, 0.3) is 32.9 Å². The van der Waals surface area contributed by atoms with Crippen LogP contribution in [0.4, 0.5) is 34.1 Å². The van der Waals surface area contributed by atoms with Crippen LogP contribution in [0.3, 0.4) is 0 Å². The van der Waals surface area contributed by atoms with E-state index in [0.29, 0.717) is 0 Å². The Hall–Kier alpha value is -6.00. The van der Waals surface area contributed by atoms with E-state index in [0.717, 1.165) is 11.4 Å². The predicted octanol–water partition coefficient (Wildman–Crippen LogP) is 17.5. The molecule has 0 N–H and O–H groups in total. The fourth-order valence-corrected chi connectivity index (χ4v) is 11.1. The average Bonchev–Trinajstić information content (AvgIpc) is 3.61. The Balaban J connectivity index is 1.36. The summed E-state index contributed by atoms with van der Waals surface area (Å²) in [6.07, 6.45) is 0. The fraction of sp³-hybridized carbons (Fsp3) is 0.364. The first-order chi connectivity index (χ1) is 32.5. The third-order valence-corrected chi connectivity index (χ3v) is 15.5. The van der Waals surface area contributed by atoms with Crippen LogP contribution in [0.2, 0.25) is 0 Å². The number of nitrogens with zero attached hydrogens (tertiary/aromatic N) is 3. The number of benzene rings is 7. The van der Waals surface area contributed by atoms with E-state index < -0.39 is 0 Å². The lowest BCUT2D eigenvalue weighted by Crippen LogP contribution is -2.57. The lowest BCUT2D eigenvalue weighted by atomic mass is 9.44. The van der Waals surface area contributed by atoms with Gasteiger partial charge in [-0.1, -0.05) is 191 Å². The van der Waals surface area contributed by atoms with Crippen LogP contribution in [0, 0.1) is 0 Å². The van der Waals surface area contributed by atoms with Crippen LogP contribution in [0.1, 0.15) is 158 Å². The van der Waals surface area contributed by atoms with Crippen molar-refractivity contribution in [3.05, 3.63) is 167 Å². The van der Waals surface area contributed by atoms with E-state index in [1.165, 1.54) is 100.0 Å². The summed E-state index contributed by atoms with van der Waals surface area (Å²) in [5, 5.41) is 2.58. The second-order valence-corrected chi connectivity index (χ2v) is 26.9. The molecule has 1 aromatic heterocycles. The molecule has 0 aliphatic carbocycles. The Morgan fingerprint density at radius 2 is 0.843 bits per heavy atom. The molecule has 0 atom stereocenters. The van der Waals surface area contributed by atoms with Gasteiger partial charge in [0.15, 0.2) is 0 Å². The van der Waals surface area contributed by atoms with Gasteiger partial charge in [-0.25, -0.2) is 0 Å². The molecule has 10 rings (SSSR count). The summed E-state index contributed by atoms with van der Waals surface area (Å²) in [5.74, 6) is 0. The van der Waals surface area contributed by atoms with Gasteiger partial charge in [0.25, 0.3) is 0 Å². The van der Waals surface area contributed by atoms with Crippen LogP contribution in [0.5, 0.6) is 0 Å². The molecule has 0 spiro atoms. The number of anilines is 6. The number of aromatic nitrogens is 1. The molecule has 0 bridgehead atoms. The van der Waals surface area contributed by atoms with Crippen LogP contribution < -0.4 is 20.7 Å². The molecule has 0 saturated carbocycles. The van der Waals surface area contributed by atoms with E-state index in [4.69, 9.17) is 0 Å². The normalized spacial score (nSPS) is 14.1. The Morgan fingerprint density at radius 3 is 1.34 bits per heavy atom. The molecule has 0 unspecified atom stereocenters. The van der Waals surface area contributed by atoms with Crippen molar-refractivity contribution in [1.82, 2.24) is 4.48 Å². The molecular weight excluding hydrogens is 846 g/mol. The molecule has 0 saturated heterocycles. The summed E-state index contributed by atoms with van der Waals surface area (Å²) in [6.45, 7) is 41.9. The SMILES string of the molecule is CC(C)(C)c1ccc(N2c3ccc(C(C)(C)C)cc3B3c4c(cc(C(C)(C)C)cc42)-c2ccc(N(c4ccc(C(C)(C)C)cc4)c4ccc(C(C)(C)C)cc4)c4c5cc(C(C)(C)C)ccc5n3c24)cc1. The van der Waals surface area contributed by atoms with Gasteiger partial charge in [0.2, 0.25) is 0 Å². The maximum atomic E-state index is 2.76. The van der Waals surface area contributed by atoms with Gasteiger partial charge in [0.1, 0.15) is 0 Å². The summed E-state index contributed by atoms with van der Waals surface area (Å²) in [6, 6.07) is 52.8. The molecule has 2 aliphatic rings. The highest BCUT2D eigenvalue weighted by atomic mass is 15.2. The van der Waals surface area contributed by atoms with Crippen molar-refractivity contribution in [2.24, 2.45) is 0 Å². The van der Waals surface area contributed by atoms with Gasteiger partial charge in [-0.2, -0.15) is 0 Å². The zero-order valence-corrected chi connectivity index (χ0v) is 45.6. The maximum Gasteiger partial charge on any atom is 0.333 e. The van der Waals surface area contributed by atoms with Gasteiger partial charge >= 0.3 is 6.85 Å². The van der Waals surface area contributed by atoms with Crippen LogP contribution in [0.15, 0.2) is 133 Å². The van der Waals surface area contributed by atoms with E-state index in [1.54, 1.807) is 0 Å². The molecule has 358 valence electrons. The molecule has 2 aliphatic heterocycles. The summed E-state index contributed by atoms with van der Waals surface area (Å²) in [7, 11) is 0. The summed E-state index contributed by atoms with van der Waals surface area (Å²) in [5.41, 5.74) is 23.0. The van der Waals surface area contributed by atoms with Gasteiger partial charge in [-0.15, -0.1) is 0 Å². The smallest absolute Gasteiger partial charge is 0.333 e. The first-order valence-electron chi connectivity index (χ1n) is 25.9. The number of hydrogen-bond acceptors (Lipinski definition) is 2. The number of rotatable bonds is 4. The second kappa shape index (κ2) is 15.8. The van der Waals surface area contributed by atoms with Crippen LogP contribution in [-0.4, -0.2) is 11.3 Å². The average molecular weight is 922 g/mol. The lowest BCUT2D eigenvalue weighted by molar-refractivity contribution is 0.589. The first-order valence-corrected chi connectivity index (χ1v) is 25.9. The molecular formula is C66H76BN3. The van der Waals surface area contributed by atoms with E-state index in [-0.39, 0.29) is 39.3 Å². The highest BCUT2D eigenvalue weighted by molar-refractivity contribution is 6.90. The van der Waals surface area contributed by atoms with Crippen molar-refractivity contribution in [2.45, 2.75) is 157 Å². The summed E-state index contributed by atoms with van der Waals surface area (Å²) in [4.78, 5) is 5.12. The van der Waals surface area contributed by atoms with Crippen molar-refractivity contribution in [1.29, 1.82) is 0 Å². The van der Waals surface area contributed by atoms with Gasteiger partial charge in [-0.3, -0.25) is 0 Å². The predicted molar refractivity (Wildman–Crippen MR) is 307 cm³/mol. The molecule has 0 fully saturated rings. The van der Waals surface area contributed by atoms with Crippen molar-refractivity contribution in [3.63, 3.8) is 0 Å². The van der Waals surface area contributed by atoms with Crippen molar-refractivity contribution in [3.8, 4) is 11.1 Å².